The van der Waals surface area contributed by atoms with E-state index in [0.29, 0.717) is 6.04 Å². The fourth-order valence-corrected chi connectivity index (χ4v) is 2.84. The van der Waals surface area contributed by atoms with Crippen LogP contribution in [0.15, 0.2) is 18.2 Å². The Bertz CT molecular complexity index is 433. The van der Waals surface area contributed by atoms with E-state index in [1.165, 1.54) is 16.8 Å². The van der Waals surface area contributed by atoms with Crippen molar-refractivity contribution >= 4 is 5.69 Å². The number of hydrogen-bond donors (Lipinski definition) is 1. The van der Waals surface area contributed by atoms with E-state index >= 15 is 0 Å². The molecular formula is C16H26N2O. The van der Waals surface area contributed by atoms with E-state index in [4.69, 9.17) is 0 Å². The van der Waals surface area contributed by atoms with Crippen molar-refractivity contribution in [1.82, 2.24) is 4.90 Å². The highest BCUT2D eigenvalue weighted by atomic mass is 16.3. The van der Waals surface area contributed by atoms with Gasteiger partial charge in [0.25, 0.3) is 0 Å². The molecule has 3 heteroatoms. The predicted molar refractivity (Wildman–Crippen MR) is 80.8 cm³/mol. The first-order valence-electron chi connectivity index (χ1n) is 7.18. The minimum atomic E-state index is 0.190. The van der Waals surface area contributed by atoms with Gasteiger partial charge in [0.15, 0.2) is 0 Å². The van der Waals surface area contributed by atoms with Crippen LogP contribution in [-0.4, -0.2) is 48.8 Å². The highest BCUT2D eigenvalue weighted by Crippen LogP contribution is 2.26. The second-order valence-corrected chi connectivity index (χ2v) is 5.90. The van der Waals surface area contributed by atoms with Gasteiger partial charge in [-0.3, -0.25) is 0 Å². The first kappa shape index (κ1) is 14.4. The van der Waals surface area contributed by atoms with E-state index in [1.807, 2.05) is 0 Å². The number of aliphatic hydroxyl groups is 1. The molecule has 0 radical (unpaired) electrons. The molecule has 106 valence electrons. The fraction of sp³-hybridized carbons (Fsp3) is 0.625. The van der Waals surface area contributed by atoms with Crippen LogP contribution in [0.1, 0.15) is 24.5 Å². The monoisotopic (exact) mass is 262 g/mol. The van der Waals surface area contributed by atoms with Gasteiger partial charge in [0, 0.05) is 24.8 Å². The summed E-state index contributed by atoms with van der Waals surface area (Å²) >= 11 is 0. The third-order valence-electron chi connectivity index (χ3n) is 4.36. The van der Waals surface area contributed by atoms with Gasteiger partial charge in [-0.2, -0.15) is 0 Å². The zero-order valence-electron chi connectivity index (χ0n) is 12.6. The molecule has 1 aromatic carbocycles. The molecular weight excluding hydrogens is 236 g/mol. The summed E-state index contributed by atoms with van der Waals surface area (Å²) in [6.45, 7) is 8.70. The molecule has 1 heterocycles. The maximum Gasteiger partial charge on any atom is 0.0648 e. The summed E-state index contributed by atoms with van der Waals surface area (Å²) in [4.78, 5) is 4.74. The summed E-state index contributed by atoms with van der Waals surface area (Å²) in [5.74, 6) is 0. The minimum absolute atomic E-state index is 0.190. The minimum Gasteiger partial charge on any atom is -0.394 e. The SMILES string of the molecule is Cc1ccc(C)c(N2CCC(C)N(C)CC2CO)c1. The maximum atomic E-state index is 9.74. The predicted octanol–water partition coefficient (Wildman–Crippen LogP) is 2.19. The molecule has 1 N–H and O–H groups in total. The Balaban J connectivity index is 2.32. The normalized spacial score (nSPS) is 25.4. The Morgan fingerprint density at radius 2 is 2.05 bits per heavy atom. The van der Waals surface area contributed by atoms with Crippen molar-refractivity contribution in [1.29, 1.82) is 0 Å². The van der Waals surface area contributed by atoms with Crippen LogP contribution in [0.2, 0.25) is 0 Å². The summed E-state index contributed by atoms with van der Waals surface area (Å²) in [5.41, 5.74) is 3.85. The van der Waals surface area contributed by atoms with Crippen LogP contribution < -0.4 is 4.90 Å². The lowest BCUT2D eigenvalue weighted by Gasteiger charge is -2.33. The first-order valence-corrected chi connectivity index (χ1v) is 7.18. The van der Waals surface area contributed by atoms with Gasteiger partial charge in [-0.05, 0) is 51.4 Å². The van der Waals surface area contributed by atoms with E-state index in [2.05, 4.69) is 55.8 Å². The summed E-state index contributed by atoms with van der Waals surface area (Å²) in [5, 5.41) is 9.74. The van der Waals surface area contributed by atoms with Crippen molar-refractivity contribution in [2.45, 2.75) is 39.3 Å². The fourth-order valence-electron chi connectivity index (χ4n) is 2.84. The molecule has 0 spiro atoms. The van der Waals surface area contributed by atoms with E-state index in [9.17, 15) is 5.11 Å². The third-order valence-corrected chi connectivity index (χ3v) is 4.36. The van der Waals surface area contributed by atoms with Crippen LogP contribution in [0.25, 0.3) is 0 Å². The molecule has 3 nitrogen and oxygen atoms in total. The van der Waals surface area contributed by atoms with Crippen LogP contribution in [0.3, 0.4) is 0 Å². The zero-order chi connectivity index (χ0) is 14.0. The van der Waals surface area contributed by atoms with Crippen molar-refractivity contribution < 1.29 is 5.11 Å². The van der Waals surface area contributed by atoms with Crippen molar-refractivity contribution in [3.05, 3.63) is 29.3 Å². The number of hydrogen-bond acceptors (Lipinski definition) is 3. The number of nitrogens with zero attached hydrogens (tertiary/aromatic N) is 2. The lowest BCUT2D eigenvalue weighted by molar-refractivity contribution is 0.206. The average Bonchev–Trinajstić information content (AvgIpc) is 2.53. The molecule has 0 saturated carbocycles. The van der Waals surface area contributed by atoms with E-state index < -0.39 is 0 Å². The Labute approximate surface area is 116 Å². The topological polar surface area (TPSA) is 26.7 Å². The summed E-state index contributed by atoms with van der Waals surface area (Å²) < 4.78 is 0. The van der Waals surface area contributed by atoms with Crippen LogP contribution in [-0.2, 0) is 0 Å². The van der Waals surface area contributed by atoms with Crippen molar-refractivity contribution in [3.8, 4) is 0 Å². The Morgan fingerprint density at radius 1 is 1.32 bits per heavy atom. The molecule has 19 heavy (non-hydrogen) atoms. The molecule has 0 bridgehead atoms. The summed E-state index contributed by atoms with van der Waals surface area (Å²) in [6, 6.07) is 7.34. The van der Waals surface area contributed by atoms with Crippen molar-refractivity contribution in [2.24, 2.45) is 0 Å². The largest absolute Gasteiger partial charge is 0.394 e. The van der Waals surface area contributed by atoms with Crippen LogP contribution >= 0.6 is 0 Å². The second-order valence-electron chi connectivity index (χ2n) is 5.90. The Hall–Kier alpha value is -1.06. The van der Waals surface area contributed by atoms with Gasteiger partial charge in [-0.15, -0.1) is 0 Å². The molecule has 0 aliphatic carbocycles. The smallest absolute Gasteiger partial charge is 0.0648 e. The zero-order valence-corrected chi connectivity index (χ0v) is 12.6. The second kappa shape index (κ2) is 5.93. The Morgan fingerprint density at radius 3 is 2.74 bits per heavy atom. The lowest BCUT2D eigenvalue weighted by atomic mass is 10.1. The number of rotatable bonds is 2. The summed E-state index contributed by atoms with van der Waals surface area (Å²) in [7, 11) is 2.15. The summed E-state index contributed by atoms with van der Waals surface area (Å²) in [6.07, 6.45) is 1.14. The van der Waals surface area contributed by atoms with Crippen LogP contribution in [0.5, 0.6) is 0 Å². The van der Waals surface area contributed by atoms with Gasteiger partial charge in [-0.1, -0.05) is 12.1 Å². The third kappa shape index (κ3) is 3.10. The van der Waals surface area contributed by atoms with Crippen molar-refractivity contribution in [3.63, 3.8) is 0 Å². The number of benzene rings is 1. The number of aliphatic hydroxyl groups excluding tert-OH is 1. The van der Waals surface area contributed by atoms with Crippen LogP contribution in [0, 0.1) is 13.8 Å². The molecule has 1 aromatic rings. The number of anilines is 1. The first-order chi connectivity index (χ1) is 9.02. The number of aryl methyl sites for hydroxylation is 2. The lowest BCUT2D eigenvalue weighted by Crippen LogP contribution is -2.43. The molecule has 2 atom stereocenters. The Kier molecular flexibility index (Phi) is 4.48. The molecule has 1 aliphatic rings. The van der Waals surface area contributed by atoms with E-state index in [0.717, 1.165) is 19.5 Å². The average molecular weight is 262 g/mol. The molecule has 1 saturated heterocycles. The van der Waals surface area contributed by atoms with Gasteiger partial charge in [0.1, 0.15) is 0 Å². The van der Waals surface area contributed by atoms with Crippen molar-refractivity contribution in [2.75, 3.05) is 31.6 Å². The maximum absolute atomic E-state index is 9.74. The van der Waals surface area contributed by atoms with Gasteiger partial charge >= 0.3 is 0 Å². The van der Waals surface area contributed by atoms with Crippen LogP contribution in [0.4, 0.5) is 5.69 Å². The quantitative estimate of drug-likeness (QED) is 0.885. The molecule has 0 amide bonds. The van der Waals surface area contributed by atoms with Gasteiger partial charge in [0.05, 0.1) is 12.6 Å². The van der Waals surface area contributed by atoms with E-state index in [-0.39, 0.29) is 12.6 Å². The van der Waals surface area contributed by atoms with E-state index in [1.54, 1.807) is 0 Å². The molecule has 1 aliphatic heterocycles. The van der Waals surface area contributed by atoms with Gasteiger partial charge in [0.2, 0.25) is 0 Å². The standard InChI is InChI=1S/C16H26N2O/c1-12-5-6-13(2)16(9-12)18-8-7-14(3)17(4)10-15(18)11-19/h5-6,9,14-15,19H,7-8,10-11H2,1-4H3. The van der Waals surface area contributed by atoms with Gasteiger partial charge < -0.3 is 14.9 Å². The highest BCUT2D eigenvalue weighted by molar-refractivity contribution is 5.56. The van der Waals surface area contributed by atoms with Gasteiger partial charge in [-0.25, -0.2) is 0 Å². The molecule has 1 fully saturated rings. The molecule has 0 aromatic heterocycles. The molecule has 2 unspecified atom stereocenters. The number of likely N-dealkylation sites (N-methyl/N-ethyl adjacent to an activating group) is 1. The highest BCUT2D eigenvalue weighted by Gasteiger charge is 2.27. The molecule has 2 rings (SSSR count).